The summed E-state index contributed by atoms with van der Waals surface area (Å²) >= 11 is 6.06. The quantitative estimate of drug-likeness (QED) is 0.369. The second-order valence-corrected chi connectivity index (χ2v) is 7.67. The molecule has 0 saturated heterocycles. The molecule has 0 aliphatic heterocycles. The average Bonchev–Trinajstić information content (AvgIpc) is 2.79. The average molecular weight is 460 g/mol. The molecule has 4 rings (SSSR count). The van der Waals surface area contributed by atoms with Crippen LogP contribution < -0.4 is 10.7 Å². The van der Waals surface area contributed by atoms with Crippen molar-refractivity contribution < 1.29 is 4.39 Å². The van der Waals surface area contributed by atoms with Crippen LogP contribution in [0.3, 0.4) is 0 Å². The molecule has 0 atom stereocenters. The summed E-state index contributed by atoms with van der Waals surface area (Å²) in [7, 11) is 0. The van der Waals surface area contributed by atoms with Gasteiger partial charge in [-0.3, -0.25) is 9.78 Å². The van der Waals surface area contributed by atoms with Gasteiger partial charge >= 0.3 is 0 Å². The molecule has 2 aromatic carbocycles. The molecule has 164 valence electrons. The van der Waals surface area contributed by atoms with Crippen molar-refractivity contribution in [1.82, 2.24) is 14.8 Å². The van der Waals surface area contributed by atoms with E-state index >= 15 is 4.39 Å². The Morgan fingerprint density at radius 1 is 1.12 bits per heavy atom. The first-order valence-corrected chi connectivity index (χ1v) is 10.4. The number of rotatable bonds is 6. The zero-order chi connectivity index (χ0) is 23.4. The van der Waals surface area contributed by atoms with Crippen LogP contribution in [0.2, 0.25) is 5.02 Å². The lowest BCUT2D eigenvalue weighted by atomic mass is 10.1. The van der Waals surface area contributed by atoms with Gasteiger partial charge in [-0.05, 0) is 55.5 Å². The van der Waals surface area contributed by atoms with Gasteiger partial charge in [-0.1, -0.05) is 29.8 Å². The van der Waals surface area contributed by atoms with Crippen LogP contribution in [0.5, 0.6) is 0 Å². The van der Waals surface area contributed by atoms with Crippen molar-refractivity contribution in [2.75, 3.05) is 5.32 Å². The Bertz CT molecular complexity index is 1420. The van der Waals surface area contributed by atoms with Gasteiger partial charge in [-0.15, -0.1) is 0 Å². The molecular formula is C25H19ClFN5O. The van der Waals surface area contributed by atoms with Crippen LogP contribution in [0.1, 0.15) is 12.6 Å². The molecule has 0 radical (unpaired) electrons. The van der Waals surface area contributed by atoms with Gasteiger partial charge in [0.1, 0.15) is 11.5 Å². The maximum Gasteiger partial charge on any atom is 0.209 e. The monoisotopic (exact) mass is 459 g/mol. The van der Waals surface area contributed by atoms with Crippen molar-refractivity contribution in [1.29, 1.82) is 5.41 Å². The van der Waals surface area contributed by atoms with E-state index in [4.69, 9.17) is 17.0 Å². The van der Waals surface area contributed by atoms with Crippen LogP contribution in [0.15, 0.2) is 90.0 Å². The van der Waals surface area contributed by atoms with E-state index in [1.54, 1.807) is 61.7 Å². The minimum atomic E-state index is -0.517. The van der Waals surface area contributed by atoms with Crippen LogP contribution in [0, 0.1) is 11.2 Å². The van der Waals surface area contributed by atoms with Crippen molar-refractivity contribution in [3.63, 3.8) is 0 Å². The second kappa shape index (κ2) is 9.58. The lowest BCUT2D eigenvalue weighted by Gasteiger charge is -2.13. The lowest BCUT2D eigenvalue weighted by molar-refractivity contribution is 0.608. The fourth-order valence-electron chi connectivity index (χ4n) is 3.22. The number of hydrogen-bond donors (Lipinski definition) is 2. The number of halogens is 2. The Morgan fingerprint density at radius 2 is 1.97 bits per heavy atom. The summed E-state index contributed by atoms with van der Waals surface area (Å²) in [6.07, 6.45) is 4.53. The fraction of sp³-hybridized carbons (Fsp3) is 0.0400. The highest BCUT2D eigenvalue weighted by molar-refractivity contribution is 6.30. The minimum Gasteiger partial charge on any atom is -0.353 e. The van der Waals surface area contributed by atoms with Gasteiger partial charge in [0.05, 0.1) is 11.4 Å². The molecule has 8 heteroatoms. The summed E-state index contributed by atoms with van der Waals surface area (Å²) in [5.74, 6) is -0.517. The van der Waals surface area contributed by atoms with Gasteiger partial charge in [0, 0.05) is 40.4 Å². The van der Waals surface area contributed by atoms with E-state index in [9.17, 15) is 4.79 Å². The molecule has 2 heterocycles. The van der Waals surface area contributed by atoms with Crippen LogP contribution >= 0.6 is 11.6 Å². The van der Waals surface area contributed by atoms with Gasteiger partial charge in [-0.25, -0.2) is 9.07 Å². The summed E-state index contributed by atoms with van der Waals surface area (Å²) in [6, 6.07) is 18.4. The predicted molar refractivity (Wildman–Crippen MR) is 129 cm³/mol. The number of nitrogens with one attached hydrogen (secondary N) is 2. The van der Waals surface area contributed by atoms with E-state index in [-0.39, 0.29) is 22.5 Å². The number of hydrogen-bond acceptors (Lipinski definition) is 5. The summed E-state index contributed by atoms with van der Waals surface area (Å²) in [4.78, 5) is 16.9. The molecule has 6 nitrogen and oxygen atoms in total. The normalized spacial score (nSPS) is 11.3. The second-order valence-electron chi connectivity index (χ2n) is 7.23. The number of anilines is 1. The lowest BCUT2D eigenvalue weighted by Crippen LogP contribution is -2.19. The molecule has 0 fully saturated rings. The molecule has 33 heavy (non-hydrogen) atoms. The van der Waals surface area contributed by atoms with Gasteiger partial charge in [0.2, 0.25) is 5.43 Å². The molecule has 2 N–H and O–H groups in total. The Hall–Kier alpha value is -4.10. The third kappa shape index (κ3) is 5.22. The van der Waals surface area contributed by atoms with E-state index in [1.807, 2.05) is 6.07 Å². The fourth-order valence-corrected chi connectivity index (χ4v) is 3.41. The first-order valence-electron chi connectivity index (χ1n) is 10.0. The Kier molecular flexibility index (Phi) is 6.42. The molecule has 0 aliphatic rings. The standard InChI is InChI=1S/C25H19ClFN5O/c1-16(28)13-22(30-19-6-4-5-18(26)15-19)25-24(33)10-12-32(31-25)23-9-8-17(14-20(23)27)21-7-2-3-11-29-21/h2-15,28,30H,1H3/b22-13-,28-16?. The van der Waals surface area contributed by atoms with E-state index in [0.717, 1.165) is 0 Å². The Morgan fingerprint density at radius 3 is 2.67 bits per heavy atom. The molecule has 0 aliphatic carbocycles. The molecule has 0 bridgehead atoms. The van der Waals surface area contributed by atoms with Gasteiger partial charge in [0.15, 0.2) is 5.69 Å². The highest BCUT2D eigenvalue weighted by Gasteiger charge is 2.14. The molecule has 2 aromatic heterocycles. The first-order chi connectivity index (χ1) is 15.9. The van der Waals surface area contributed by atoms with Crippen molar-refractivity contribution in [2.45, 2.75) is 6.92 Å². The van der Waals surface area contributed by atoms with Gasteiger partial charge in [-0.2, -0.15) is 5.10 Å². The third-order valence-electron chi connectivity index (χ3n) is 4.68. The summed E-state index contributed by atoms with van der Waals surface area (Å²) < 4.78 is 16.3. The third-order valence-corrected chi connectivity index (χ3v) is 4.92. The van der Waals surface area contributed by atoms with Gasteiger partial charge in [0.25, 0.3) is 0 Å². The van der Waals surface area contributed by atoms with Crippen LogP contribution in [-0.4, -0.2) is 20.5 Å². The number of nitrogens with zero attached hydrogens (tertiary/aromatic N) is 3. The van der Waals surface area contributed by atoms with E-state index in [1.165, 1.54) is 29.1 Å². The molecule has 4 aromatic rings. The summed E-state index contributed by atoms with van der Waals surface area (Å²) in [5, 5.41) is 15.8. The summed E-state index contributed by atoms with van der Waals surface area (Å²) in [5.41, 5.74) is 2.24. The van der Waals surface area contributed by atoms with Crippen LogP contribution in [0.4, 0.5) is 10.1 Å². The Labute approximate surface area is 194 Å². The molecule has 0 saturated carbocycles. The van der Waals surface area contributed by atoms with Crippen LogP contribution in [-0.2, 0) is 0 Å². The highest BCUT2D eigenvalue weighted by atomic mass is 35.5. The smallest absolute Gasteiger partial charge is 0.209 e. The number of aromatic nitrogens is 3. The van der Waals surface area contributed by atoms with E-state index in [2.05, 4.69) is 15.4 Å². The first kappa shape index (κ1) is 22.1. The van der Waals surface area contributed by atoms with Crippen molar-refractivity contribution >= 4 is 28.7 Å². The highest BCUT2D eigenvalue weighted by Crippen LogP contribution is 2.23. The Balaban J connectivity index is 1.75. The van der Waals surface area contributed by atoms with E-state index < -0.39 is 5.82 Å². The molecule has 0 unspecified atom stereocenters. The van der Waals surface area contributed by atoms with Crippen LogP contribution in [0.25, 0.3) is 22.6 Å². The molecule has 0 amide bonds. The largest absolute Gasteiger partial charge is 0.353 e. The maximum absolute atomic E-state index is 15.0. The number of allylic oxidation sites excluding steroid dienone is 1. The predicted octanol–water partition coefficient (Wildman–Crippen LogP) is 5.58. The SMILES string of the molecule is CC(=N)/C=C(\Nc1cccc(Cl)c1)c1nn(-c2ccc(-c3ccccn3)cc2F)ccc1=O. The van der Waals surface area contributed by atoms with Crippen molar-refractivity contribution in [3.05, 3.63) is 112 Å². The maximum atomic E-state index is 15.0. The van der Waals surface area contributed by atoms with Crippen molar-refractivity contribution in [3.8, 4) is 16.9 Å². The van der Waals surface area contributed by atoms with E-state index in [0.29, 0.717) is 27.7 Å². The summed E-state index contributed by atoms with van der Waals surface area (Å²) in [6.45, 7) is 1.58. The minimum absolute atomic E-state index is 0.0391. The molecular weight excluding hydrogens is 441 g/mol. The number of benzene rings is 2. The van der Waals surface area contributed by atoms with Gasteiger partial charge < -0.3 is 10.7 Å². The number of pyridine rings is 1. The van der Waals surface area contributed by atoms with Crippen molar-refractivity contribution in [2.24, 2.45) is 0 Å². The zero-order valence-corrected chi connectivity index (χ0v) is 18.3. The molecule has 0 spiro atoms. The topological polar surface area (TPSA) is 83.7 Å². The zero-order valence-electron chi connectivity index (χ0n) is 17.6.